The first-order valence-electron chi connectivity index (χ1n) is 12.3. The van der Waals surface area contributed by atoms with Crippen molar-refractivity contribution in [1.29, 1.82) is 0 Å². The lowest BCUT2D eigenvalue weighted by Gasteiger charge is -2.16. The first-order valence-corrected chi connectivity index (χ1v) is 12.3. The maximum Gasteiger partial charge on any atom is 0.303 e. The molecular weight excluding hydrogens is 454 g/mol. The number of aliphatic carboxylic acids is 1. The van der Waals surface area contributed by atoms with Gasteiger partial charge in [-0.1, -0.05) is 50.2 Å². The third kappa shape index (κ3) is 7.60. The van der Waals surface area contributed by atoms with Crippen molar-refractivity contribution in [2.75, 3.05) is 11.9 Å². The SMILES string of the molecule is Cc1c(NC(=O)c2ccccc2OCCCC(=O)O)ccc(OCc2ccc(CC(C)C)cc2)c1C. The van der Waals surface area contributed by atoms with Crippen LogP contribution in [-0.4, -0.2) is 23.6 Å². The van der Waals surface area contributed by atoms with Crippen LogP contribution in [0.4, 0.5) is 5.69 Å². The zero-order chi connectivity index (χ0) is 26.1. The Morgan fingerprint density at radius 1 is 0.861 bits per heavy atom. The summed E-state index contributed by atoms with van der Waals surface area (Å²) in [5, 5.41) is 11.8. The van der Waals surface area contributed by atoms with Crippen LogP contribution in [0.3, 0.4) is 0 Å². The summed E-state index contributed by atoms with van der Waals surface area (Å²) in [5.74, 6) is 0.665. The monoisotopic (exact) mass is 489 g/mol. The number of para-hydroxylation sites is 1. The molecule has 0 fully saturated rings. The Labute approximate surface area is 213 Å². The molecule has 0 aliphatic rings. The van der Waals surface area contributed by atoms with Crippen LogP contribution >= 0.6 is 0 Å². The van der Waals surface area contributed by atoms with Crippen molar-refractivity contribution >= 4 is 17.6 Å². The van der Waals surface area contributed by atoms with Gasteiger partial charge >= 0.3 is 5.97 Å². The lowest BCUT2D eigenvalue weighted by Crippen LogP contribution is -2.15. The van der Waals surface area contributed by atoms with E-state index in [0.717, 1.165) is 28.9 Å². The fourth-order valence-corrected chi connectivity index (χ4v) is 3.87. The highest BCUT2D eigenvalue weighted by Crippen LogP contribution is 2.29. The van der Waals surface area contributed by atoms with E-state index in [9.17, 15) is 9.59 Å². The van der Waals surface area contributed by atoms with Gasteiger partial charge in [0.1, 0.15) is 18.1 Å². The molecule has 190 valence electrons. The highest BCUT2D eigenvalue weighted by atomic mass is 16.5. The molecule has 6 heteroatoms. The molecule has 6 nitrogen and oxygen atoms in total. The first kappa shape index (κ1) is 26.8. The molecule has 0 radical (unpaired) electrons. The normalized spacial score (nSPS) is 10.8. The quantitative estimate of drug-likeness (QED) is 0.281. The topological polar surface area (TPSA) is 84.9 Å². The van der Waals surface area contributed by atoms with E-state index < -0.39 is 5.97 Å². The van der Waals surface area contributed by atoms with Crippen LogP contribution in [0.5, 0.6) is 11.5 Å². The smallest absolute Gasteiger partial charge is 0.303 e. The number of hydrogen-bond acceptors (Lipinski definition) is 4. The van der Waals surface area contributed by atoms with Crippen LogP contribution in [0.15, 0.2) is 60.7 Å². The predicted octanol–water partition coefficient (Wildman–Crippen LogP) is 6.58. The standard InChI is InChI=1S/C30H35NO5/c1-20(2)18-23-11-13-24(14-12-23)19-36-27-16-15-26(21(3)22(27)4)31-30(34)25-8-5-6-9-28(25)35-17-7-10-29(32)33/h5-6,8-9,11-16,20H,7,10,17-19H2,1-4H3,(H,31,34)(H,32,33). The third-order valence-electron chi connectivity index (χ3n) is 5.97. The number of nitrogens with one attached hydrogen (secondary N) is 1. The van der Waals surface area contributed by atoms with Crippen LogP contribution in [0, 0.1) is 19.8 Å². The highest BCUT2D eigenvalue weighted by Gasteiger charge is 2.15. The zero-order valence-corrected chi connectivity index (χ0v) is 21.5. The molecule has 2 N–H and O–H groups in total. The van der Waals surface area contributed by atoms with Crippen LogP contribution in [0.2, 0.25) is 0 Å². The van der Waals surface area contributed by atoms with Gasteiger partial charge in [0, 0.05) is 12.1 Å². The van der Waals surface area contributed by atoms with Gasteiger partial charge in [-0.05, 0) is 79.1 Å². The average Bonchev–Trinajstić information content (AvgIpc) is 2.85. The maximum absolute atomic E-state index is 13.0. The molecule has 0 bridgehead atoms. The number of amides is 1. The molecular formula is C30H35NO5. The Morgan fingerprint density at radius 2 is 1.56 bits per heavy atom. The van der Waals surface area contributed by atoms with Gasteiger partial charge in [-0.25, -0.2) is 0 Å². The van der Waals surface area contributed by atoms with Crippen LogP contribution in [0.1, 0.15) is 59.3 Å². The van der Waals surface area contributed by atoms with Gasteiger partial charge < -0.3 is 19.9 Å². The molecule has 3 aromatic rings. The summed E-state index contributed by atoms with van der Waals surface area (Å²) in [7, 11) is 0. The summed E-state index contributed by atoms with van der Waals surface area (Å²) in [6, 6.07) is 19.2. The van der Waals surface area contributed by atoms with Gasteiger partial charge in [0.15, 0.2) is 0 Å². The van der Waals surface area contributed by atoms with Crippen molar-refractivity contribution in [2.45, 2.75) is 53.6 Å². The lowest BCUT2D eigenvalue weighted by atomic mass is 10.0. The Bertz CT molecular complexity index is 1180. The van der Waals surface area contributed by atoms with Gasteiger partial charge in [-0.15, -0.1) is 0 Å². The minimum absolute atomic E-state index is 0.0185. The van der Waals surface area contributed by atoms with Crippen LogP contribution in [0.25, 0.3) is 0 Å². The summed E-state index contributed by atoms with van der Waals surface area (Å²) in [6.07, 6.45) is 1.45. The number of carboxylic acids is 1. The van der Waals surface area contributed by atoms with Crippen molar-refractivity contribution < 1.29 is 24.2 Å². The third-order valence-corrected chi connectivity index (χ3v) is 5.97. The first-order chi connectivity index (χ1) is 17.2. The fourth-order valence-electron chi connectivity index (χ4n) is 3.87. The van der Waals surface area contributed by atoms with Crippen molar-refractivity contribution in [3.8, 4) is 11.5 Å². The van der Waals surface area contributed by atoms with Crippen molar-refractivity contribution in [3.05, 3.63) is 88.5 Å². The van der Waals surface area contributed by atoms with Crippen molar-refractivity contribution in [1.82, 2.24) is 0 Å². The molecule has 1 amide bonds. The molecule has 0 spiro atoms. The number of carbonyl (C=O) groups is 2. The van der Waals surface area contributed by atoms with E-state index in [1.54, 1.807) is 24.3 Å². The molecule has 0 saturated heterocycles. The predicted molar refractivity (Wildman–Crippen MR) is 142 cm³/mol. The van der Waals surface area contributed by atoms with E-state index in [0.29, 0.717) is 35.9 Å². The molecule has 36 heavy (non-hydrogen) atoms. The number of carbonyl (C=O) groups excluding carboxylic acids is 1. The molecule has 0 atom stereocenters. The maximum atomic E-state index is 13.0. The molecule has 0 heterocycles. The second-order valence-electron chi connectivity index (χ2n) is 9.36. The molecule has 3 aromatic carbocycles. The molecule has 0 saturated carbocycles. The van der Waals surface area contributed by atoms with E-state index >= 15 is 0 Å². The number of hydrogen-bond donors (Lipinski definition) is 2. The van der Waals surface area contributed by atoms with E-state index in [-0.39, 0.29) is 18.9 Å². The summed E-state index contributed by atoms with van der Waals surface area (Å²) in [6.45, 7) is 9.05. The minimum Gasteiger partial charge on any atom is -0.493 e. The lowest BCUT2D eigenvalue weighted by molar-refractivity contribution is -0.137. The average molecular weight is 490 g/mol. The molecule has 0 aliphatic heterocycles. The van der Waals surface area contributed by atoms with E-state index in [1.807, 2.05) is 26.0 Å². The molecule has 0 aromatic heterocycles. The Morgan fingerprint density at radius 3 is 2.25 bits per heavy atom. The van der Waals surface area contributed by atoms with E-state index in [2.05, 4.69) is 43.4 Å². The number of carboxylic acid groups (broad SMARTS) is 1. The second kappa shape index (κ2) is 12.8. The Kier molecular flexibility index (Phi) is 9.51. The summed E-state index contributed by atoms with van der Waals surface area (Å²) in [4.78, 5) is 23.7. The molecule has 0 unspecified atom stereocenters. The summed E-state index contributed by atoms with van der Waals surface area (Å²) < 4.78 is 11.8. The summed E-state index contributed by atoms with van der Waals surface area (Å²) in [5.41, 5.74) is 5.41. The summed E-state index contributed by atoms with van der Waals surface area (Å²) >= 11 is 0. The number of ether oxygens (including phenoxy) is 2. The number of rotatable bonds is 12. The minimum atomic E-state index is -0.873. The van der Waals surface area contributed by atoms with Crippen LogP contribution in [-0.2, 0) is 17.8 Å². The van der Waals surface area contributed by atoms with Crippen LogP contribution < -0.4 is 14.8 Å². The number of benzene rings is 3. The van der Waals surface area contributed by atoms with Gasteiger partial charge in [-0.2, -0.15) is 0 Å². The Balaban J connectivity index is 1.64. The Hall–Kier alpha value is -3.80. The van der Waals surface area contributed by atoms with Gasteiger partial charge in [0.05, 0.1) is 12.2 Å². The van der Waals surface area contributed by atoms with E-state index in [4.69, 9.17) is 14.6 Å². The molecule has 3 rings (SSSR count). The second-order valence-corrected chi connectivity index (χ2v) is 9.36. The van der Waals surface area contributed by atoms with Crippen molar-refractivity contribution in [3.63, 3.8) is 0 Å². The zero-order valence-electron chi connectivity index (χ0n) is 21.5. The highest BCUT2D eigenvalue weighted by molar-refractivity contribution is 6.06. The molecule has 0 aliphatic carbocycles. The van der Waals surface area contributed by atoms with Gasteiger partial charge in [-0.3, -0.25) is 9.59 Å². The van der Waals surface area contributed by atoms with Gasteiger partial charge in [0.25, 0.3) is 5.91 Å². The largest absolute Gasteiger partial charge is 0.493 e. The fraction of sp³-hybridized carbons (Fsp3) is 0.333. The van der Waals surface area contributed by atoms with Gasteiger partial charge in [0.2, 0.25) is 0 Å². The number of anilines is 1. The van der Waals surface area contributed by atoms with E-state index in [1.165, 1.54) is 5.56 Å². The van der Waals surface area contributed by atoms with Crippen molar-refractivity contribution in [2.24, 2.45) is 5.92 Å².